The number of urea groups is 1. The molecule has 0 unspecified atom stereocenters. The Labute approximate surface area is 106 Å². The van der Waals surface area contributed by atoms with Gasteiger partial charge in [0.25, 0.3) is 10.0 Å². The van der Waals surface area contributed by atoms with Gasteiger partial charge in [0.05, 0.1) is 0 Å². The number of carbonyl (C=O) groups is 1. The molecule has 5 nitrogen and oxygen atoms in total. The monoisotopic (exact) mass is 324 g/mol. The number of halogens is 1. The number of nitrogens with one attached hydrogen (secondary N) is 1. The average molecular weight is 325 g/mol. The maximum Gasteiger partial charge on any atom is 0.336 e. The molecule has 0 saturated carbocycles. The molecule has 0 aromatic carbocycles. The predicted molar refractivity (Wildman–Crippen MR) is 65.6 cm³/mol. The summed E-state index contributed by atoms with van der Waals surface area (Å²) in [5.74, 6) is 0. The highest BCUT2D eigenvalue weighted by Crippen LogP contribution is 2.34. The van der Waals surface area contributed by atoms with Gasteiger partial charge in [-0.1, -0.05) is 15.9 Å². The zero-order chi connectivity index (χ0) is 11.8. The first-order valence-electron chi connectivity index (χ1n) is 4.54. The Bertz CT molecular complexity index is 511. The molecule has 2 amide bonds. The molecule has 2 rings (SSSR count). The quantitative estimate of drug-likeness (QED) is 0.865. The van der Waals surface area contributed by atoms with Crippen molar-refractivity contribution < 1.29 is 13.2 Å². The number of amides is 2. The molecule has 16 heavy (non-hydrogen) atoms. The fraction of sp³-hybridized carbons (Fsp3) is 0.375. The standard InChI is InChI=1S/C8H9BrN2O3S2/c9-3-1-4-11-8(12)10-7-6(2-5-15-7)16(11,13)14/h2,5H,1,3-4H2,(H,10,12). The van der Waals surface area contributed by atoms with E-state index in [4.69, 9.17) is 0 Å². The molecule has 8 heteroatoms. The Balaban J connectivity index is 2.39. The van der Waals surface area contributed by atoms with Crippen molar-refractivity contribution in [3.8, 4) is 0 Å². The molecule has 1 aliphatic rings. The summed E-state index contributed by atoms with van der Waals surface area (Å²) < 4.78 is 25.0. The zero-order valence-corrected chi connectivity index (χ0v) is 11.4. The van der Waals surface area contributed by atoms with Gasteiger partial charge in [0, 0.05) is 11.9 Å². The third-order valence-corrected chi connectivity index (χ3v) is 5.48. The van der Waals surface area contributed by atoms with Gasteiger partial charge in [-0.3, -0.25) is 5.32 Å². The highest BCUT2D eigenvalue weighted by Gasteiger charge is 2.36. The molecule has 2 heterocycles. The second-order valence-electron chi connectivity index (χ2n) is 3.16. The minimum atomic E-state index is -3.65. The molecule has 0 aliphatic carbocycles. The van der Waals surface area contributed by atoms with E-state index in [-0.39, 0.29) is 11.4 Å². The van der Waals surface area contributed by atoms with Gasteiger partial charge < -0.3 is 0 Å². The summed E-state index contributed by atoms with van der Waals surface area (Å²) in [5.41, 5.74) is 0. The molecule has 1 aromatic heterocycles. The first-order valence-corrected chi connectivity index (χ1v) is 7.98. The second kappa shape index (κ2) is 4.34. The Morgan fingerprint density at radius 2 is 2.25 bits per heavy atom. The largest absolute Gasteiger partial charge is 0.336 e. The molecule has 0 bridgehead atoms. The SMILES string of the molecule is O=C1Nc2sccc2S(=O)(=O)N1CCCBr. The number of rotatable bonds is 3. The summed E-state index contributed by atoms with van der Waals surface area (Å²) in [4.78, 5) is 11.8. The van der Waals surface area contributed by atoms with Crippen molar-refractivity contribution in [3.05, 3.63) is 11.4 Å². The van der Waals surface area contributed by atoms with E-state index in [1.165, 1.54) is 17.4 Å². The van der Waals surface area contributed by atoms with Gasteiger partial charge in [-0.2, -0.15) is 0 Å². The number of thiophene rings is 1. The fourth-order valence-corrected chi connectivity index (χ4v) is 4.27. The van der Waals surface area contributed by atoms with Gasteiger partial charge in [-0.15, -0.1) is 11.3 Å². The van der Waals surface area contributed by atoms with Gasteiger partial charge in [-0.25, -0.2) is 17.5 Å². The molecule has 1 N–H and O–H groups in total. The van der Waals surface area contributed by atoms with Crippen molar-refractivity contribution in [1.82, 2.24) is 4.31 Å². The average Bonchev–Trinajstić information content (AvgIpc) is 2.66. The Morgan fingerprint density at radius 3 is 2.94 bits per heavy atom. The summed E-state index contributed by atoms with van der Waals surface area (Å²) in [5, 5.41) is 5.27. The van der Waals surface area contributed by atoms with Gasteiger partial charge in [-0.05, 0) is 17.9 Å². The number of alkyl halides is 1. The molecular weight excluding hydrogens is 316 g/mol. The molecule has 1 aromatic rings. The van der Waals surface area contributed by atoms with Crippen LogP contribution in [0.1, 0.15) is 6.42 Å². The molecular formula is C8H9BrN2O3S2. The number of fused-ring (bicyclic) bond motifs is 1. The topological polar surface area (TPSA) is 66.5 Å². The van der Waals surface area contributed by atoms with Gasteiger partial charge >= 0.3 is 6.03 Å². The van der Waals surface area contributed by atoms with Crippen LogP contribution in [0.2, 0.25) is 0 Å². The minimum absolute atomic E-state index is 0.187. The summed E-state index contributed by atoms with van der Waals surface area (Å²) in [6.07, 6.45) is 0.589. The minimum Gasteiger partial charge on any atom is -0.297 e. The highest BCUT2D eigenvalue weighted by atomic mass is 79.9. The van der Waals surface area contributed by atoms with E-state index in [9.17, 15) is 13.2 Å². The van der Waals surface area contributed by atoms with E-state index in [1.54, 1.807) is 5.38 Å². The highest BCUT2D eigenvalue weighted by molar-refractivity contribution is 9.09. The van der Waals surface area contributed by atoms with Gasteiger partial charge in [0.2, 0.25) is 0 Å². The van der Waals surface area contributed by atoms with Crippen LogP contribution in [0.4, 0.5) is 9.80 Å². The number of anilines is 1. The fourth-order valence-electron chi connectivity index (χ4n) is 1.40. The summed E-state index contributed by atoms with van der Waals surface area (Å²) in [7, 11) is -3.65. The third-order valence-electron chi connectivity index (χ3n) is 2.14. The third kappa shape index (κ3) is 1.85. The maximum atomic E-state index is 12.0. The van der Waals surface area contributed by atoms with Crippen molar-refractivity contribution in [1.29, 1.82) is 0 Å². The van der Waals surface area contributed by atoms with Crippen LogP contribution in [-0.4, -0.2) is 30.6 Å². The van der Waals surface area contributed by atoms with Crippen LogP contribution in [0.15, 0.2) is 16.3 Å². The van der Waals surface area contributed by atoms with Crippen LogP contribution in [-0.2, 0) is 10.0 Å². The van der Waals surface area contributed by atoms with Crippen LogP contribution in [0.3, 0.4) is 0 Å². The van der Waals surface area contributed by atoms with Crippen molar-refractivity contribution in [2.45, 2.75) is 11.3 Å². The normalized spacial score (nSPS) is 18.1. The molecule has 0 saturated heterocycles. The van der Waals surface area contributed by atoms with Crippen molar-refractivity contribution in [3.63, 3.8) is 0 Å². The summed E-state index contributed by atoms with van der Waals surface area (Å²) in [6.45, 7) is 0.189. The number of carbonyl (C=O) groups excluding carboxylic acids is 1. The van der Waals surface area contributed by atoms with Gasteiger partial charge in [0.15, 0.2) is 0 Å². The van der Waals surface area contributed by atoms with Crippen LogP contribution in [0.5, 0.6) is 0 Å². The molecule has 0 spiro atoms. The lowest BCUT2D eigenvalue weighted by molar-refractivity contribution is 0.235. The second-order valence-corrected chi connectivity index (χ2v) is 6.70. The molecule has 88 valence electrons. The van der Waals surface area contributed by atoms with Crippen LogP contribution >= 0.6 is 27.3 Å². The van der Waals surface area contributed by atoms with E-state index in [0.717, 1.165) is 4.31 Å². The predicted octanol–water partition coefficient (Wildman–Crippen LogP) is 2.07. The van der Waals surface area contributed by atoms with E-state index >= 15 is 0 Å². The number of hydrogen-bond acceptors (Lipinski definition) is 4. The number of nitrogens with zero attached hydrogens (tertiary/aromatic N) is 1. The first-order chi connectivity index (χ1) is 7.57. The maximum absolute atomic E-state index is 12.0. The molecule has 0 atom stereocenters. The van der Waals surface area contributed by atoms with Crippen molar-refractivity contribution >= 4 is 48.3 Å². The molecule has 1 aliphatic heterocycles. The molecule has 0 radical (unpaired) electrons. The lowest BCUT2D eigenvalue weighted by Gasteiger charge is -2.26. The lowest BCUT2D eigenvalue weighted by Crippen LogP contribution is -2.43. The van der Waals surface area contributed by atoms with Crippen molar-refractivity contribution in [2.75, 3.05) is 17.2 Å². The summed E-state index contributed by atoms with van der Waals surface area (Å²) >= 11 is 4.42. The van der Waals surface area contributed by atoms with E-state index in [0.29, 0.717) is 16.8 Å². The zero-order valence-electron chi connectivity index (χ0n) is 8.14. The smallest absolute Gasteiger partial charge is 0.297 e. The van der Waals surface area contributed by atoms with E-state index in [2.05, 4.69) is 21.2 Å². The van der Waals surface area contributed by atoms with Crippen LogP contribution < -0.4 is 5.32 Å². The van der Waals surface area contributed by atoms with Crippen molar-refractivity contribution in [2.24, 2.45) is 0 Å². The lowest BCUT2D eigenvalue weighted by atomic mass is 10.5. The van der Waals surface area contributed by atoms with Crippen LogP contribution in [0.25, 0.3) is 0 Å². The summed E-state index contributed by atoms with van der Waals surface area (Å²) in [6, 6.07) is 0.937. The number of hydrogen-bond donors (Lipinski definition) is 1. The Morgan fingerprint density at radius 1 is 1.50 bits per heavy atom. The Hall–Kier alpha value is -0.600. The van der Waals surface area contributed by atoms with E-state index in [1.807, 2.05) is 0 Å². The van der Waals surface area contributed by atoms with Crippen LogP contribution in [0, 0.1) is 0 Å². The number of sulfonamides is 1. The Kier molecular flexibility index (Phi) is 3.22. The van der Waals surface area contributed by atoms with E-state index < -0.39 is 16.1 Å². The van der Waals surface area contributed by atoms with Gasteiger partial charge in [0.1, 0.15) is 9.90 Å². The molecule has 0 fully saturated rings. The first kappa shape index (κ1) is 11.9.